The first-order valence-electron chi connectivity index (χ1n) is 2.95. The van der Waals surface area contributed by atoms with Gasteiger partial charge in [0.05, 0.1) is 6.04 Å². The Morgan fingerprint density at radius 2 is 2.20 bits per heavy atom. The van der Waals surface area contributed by atoms with Gasteiger partial charge in [-0.2, -0.15) is 0 Å². The Morgan fingerprint density at radius 1 is 1.60 bits per heavy atom. The summed E-state index contributed by atoms with van der Waals surface area (Å²) in [4.78, 5) is 30.2. The lowest BCUT2D eigenvalue weighted by Gasteiger charge is -2.06. The molecule has 0 radical (unpaired) electrons. The standard InChI is InChI=1S/C6H9NO3/c1-2-5(7-4-9)6(10)3-8/h3-5H,2H2,1H3,(H,7,9). The average Bonchev–Trinajstić information content (AvgIpc) is 1.99. The van der Waals surface area contributed by atoms with Gasteiger partial charge in [-0.3, -0.25) is 14.4 Å². The van der Waals surface area contributed by atoms with E-state index in [0.29, 0.717) is 12.8 Å². The Bertz CT molecular complexity index is 144. The number of Topliss-reactive ketones (excluding diaryl/α,β-unsaturated/α-hetero) is 1. The van der Waals surface area contributed by atoms with Crippen molar-refractivity contribution in [1.82, 2.24) is 5.32 Å². The lowest BCUT2D eigenvalue weighted by atomic mass is 10.1. The van der Waals surface area contributed by atoms with Gasteiger partial charge in [0.2, 0.25) is 12.2 Å². The van der Waals surface area contributed by atoms with E-state index in [4.69, 9.17) is 0 Å². The van der Waals surface area contributed by atoms with Crippen molar-refractivity contribution in [1.29, 1.82) is 0 Å². The molecule has 0 heterocycles. The molecule has 0 aliphatic heterocycles. The van der Waals surface area contributed by atoms with Crippen molar-refractivity contribution >= 4 is 18.5 Å². The van der Waals surface area contributed by atoms with Gasteiger partial charge in [-0.25, -0.2) is 0 Å². The predicted octanol–water partition coefficient (Wildman–Crippen LogP) is -0.721. The molecule has 0 rings (SSSR count). The Morgan fingerprint density at radius 3 is 2.50 bits per heavy atom. The average molecular weight is 143 g/mol. The van der Waals surface area contributed by atoms with Gasteiger partial charge in [0.1, 0.15) is 0 Å². The van der Waals surface area contributed by atoms with Crippen LogP contribution in [0.4, 0.5) is 0 Å². The molecule has 0 aliphatic rings. The molecule has 1 unspecified atom stereocenters. The monoisotopic (exact) mass is 143 g/mol. The number of ketones is 1. The Labute approximate surface area is 58.6 Å². The largest absolute Gasteiger partial charge is 0.348 e. The summed E-state index contributed by atoms with van der Waals surface area (Å²) in [5, 5.41) is 2.22. The second-order valence-electron chi connectivity index (χ2n) is 1.77. The van der Waals surface area contributed by atoms with Crippen molar-refractivity contribution in [2.24, 2.45) is 0 Å². The van der Waals surface area contributed by atoms with Gasteiger partial charge in [-0.15, -0.1) is 0 Å². The highest BCUT2D eigenvalue weighted by Gasteiger charge is 2.12. The molecule has 4 nitrogen and oxygen atoms in total. The van der Waals surface area contributed by atoms with Crippen molar-refractivity contribution in [2.75, 3.05) is 0 Å². The maximum atomic E-state index is 10.5. The zero-order chi connectivity index (χ0) is 7.98. The molecule has 0 aromatic heterocycles. The third-order valence-corrected chi connectivity index (χ3v) is 1.14. The van der Waals surface area contributed by atoms with E-state index in [0.717, 1.165) is 0 Å². The minimum Gasteiger partial charge on any atom is -0.348 e. The number of amides is 1. The zero-order valence-corrected chi connectivity index (χ0v) is 5.66. The minimum atomic E-state index is -0.644. The third-order valence-electron chi connectivity index (χ3n) is 1.14. The summed E-state index contributed by atoms with van der Waals surface area (Å²) in [6.07, 6.45) is 1.07. The first-order chi connectivity index (χ1) is 4.76. The Kier molecular flexibility index (Phi) is 4.11. The molecule has 0 aromatic carbocycles. The smallest absolute Gasteiger partial charge is 0.217 e. The number of rotatable bonds is 5. The molecule has 1 N–H and O–H groups in total. The molecular formula is C6H9NO3. The normalized spacial score (nSPS) is 11.7. The topological polar surface area (TPSA) is 63.2 Å². The van der Waals surface area contributed by atoms with E-state index in [2.05, 4.69) is 5.32 Å². The first-order valence-corrected chi connectivity index (χ1v) is 2.95. The summed E-state index contributed by atoms with van der Waals surface area (Å²) < 4.78 is 0. The number of carbonyl (C=O) groups excluding carboxylic acids is 3. The number of carbonyl (C=O) groups is 3. The van der Waals surface area contributed by atoms with Gasteiger partial charge in [-0.05, 0) is 6.42 Å². The van der Waals surface area contributed by atoms with Crippen LogP contribution in [0, 0.1) is 0 Å². The molecule has 1 atom stereocenters. The number of nitrogens with one attached hydrogen (secondary N) is 1. The molecule has 0 saturated carbocycles. The zero-order valence-electron chi connectivity index (χ0n) is 5.66. The van der Waals surface area contributed by atoms with Gasteiger partial charge in [0.15, 0.2) is 6.29 Å². The summed E-state index contributed by atoms with van der Waals surface area (Å²) >= 11 is 0. The first kappa shape index (κ1) is 8.81. The molecule has 0 aliphatic carbocycles. The molecule has 4 heteroatoms. The van der Waals surface area contributed by atoms with Crippen LogP contribution in [-0.2, 0) is 14.4 Å². The number of hydrogen-bond donors (Lipinski definition) is 1. The molecule has 56 valence electrons. The van der Waals surface area contributed by atoms with Gasteiger partial charge >= 0.3 is 0 Å². The van der Waals surface area contributed by atoms with Crippen LogP contribution in [0.2, 0.25) is 0 Å². The highest BCUT2D eigenvalue weighted by molar-refractivity contribution is 6.27. The Balaban J connectivity index is 3.91. The van der Waals surface area contributed by atoms with Crippen molar-refractivity contribution in [2.45, 2.75) is 19.4 Å². The molecule has 1 amide bonds. The van der Waals surface area contributed by atoms with Crippen LogP contribution >= 0.6 is 0 Å². The minimum absolute atomic E-state index is 0.213. The summed E-state index contributed by atoms with van der Waals surface area (Å²) in [7, 11) is 0. The van der Waals surface area contributed by atoms with E-state index in [1.165, 1.54) is 0 Å². The molecule has 0 bridgehead atoms. The van der Waals surface area contributed by atoms with Gasteiger partial charge in [-0.1, -0.05) is 6.92 Å². The fourth-order valence-corrected chi connectivity index (χ4v) is 0.565. The molecule has 0 spiro atoms. The predicted molar refractivity (Wildman–Crippen MR) is 34.3 cm³/mol. The number of hydrogen-bond acceptors (Lipinski definition) is 3. The van der Waals surface area contributed by atoms with Crippen LogP contribution in [0.3, 0.4) is 0 Å². The second-order valence-corrected chi connectivity index (χ2v) is 1.77. The summed E-state index contributed by atoms with van der Waals surface area (Å²) in [6, 6.07) is -0.644. The van der Waals surface area contributed by atoms with E-state index < -0.39 is 11.8 Å². The lowest BCUT2D eigenvalue weighted by Crippen LogP contribution is -2.35. The van der Waals surface area contributed by atoms with Crippen LogP contribution in [0.5, 0.6) is 0 Å². The molecular weight excluding hydrogens is 134 g/mol. The van der Waals surface area contributed by atoms with E-state index >= 15 is 0 Å². The van der Waals surface area contributed by atoms with Gasteiger partial charge < -0.3 is 5.32 Å². The SMILES string of the molecule is CCC(NC=O)C(=O)C=O. The lowest BCUT2D eigenvalue weighted by molar-refractivity contribution is -0.132. The summed E-state index contributed by atoms with van der Waals surface area (Å²) in [6.45, 7) is 1.71. The molecule has 0 fully saturated rings. The second kappa shape index (κ2) is 4.67. The van der Waals surface area contributed by atoms with Crippen LogP contribution in [-0.4, -0.2) is 24.5 Å². The quantitative estimate of drug-likeness (QED) is 0.408. The molecule has 0 saturated heterocycles. The van der Waals surface area contributed by atoms with E-state index in [1.807, 2.05) is 0 Å². The van der Waals surface area contributed by atoms with E-state index in [-0.39, 0.29) is 6.29 Å². The van der Waals surface area contributed by atoms with Crippen molar-refractivity contribution in [3.05, 3.63) is 0 Å². The van der Waals surface area contributed by atoms with Crippen molar-refractivity contribution in [3.63, 3.8) is 0 Å². The van der Waals surface area contributed by atoms with Crippen LogP contribution in [0.25, 0.3) is 0 Å². The highest BCUT2D eigenvalue weighted by Crippen LogP contribution is 1.88. The maximum absolute atomic E-state index is 10.5. The number of aldehydes is 1. The maximum Gasteiger partial charge on any atom is 0.217 e. The van der Waals surface area contributed by atoms with E-state index in [1.54, 1.807) is 6.92 Å². The van der Waals surface area contributed by atoms with E-state index in [9.17, 15) is 14.4 Å². The molecule has 0 aromatic rings. The van der Waals surface area contributed by atoms with Gasteiger partial charge in [0, 0.05) is 0 Å². The molecule has 10 heavy (non-hydrogen) atoms. The Hall–Kier alpha value is -1.19. The van der Waals surface area contributed by atoms with Crippen LogP contribution in [0.15, 0.2) is 0 Å². The van der Waals surface area contributed by atoms with Crippen LogP contribution < -0.4 is 5.32 Å². The summed E-state index contributed by atoms with van der Waals surface area (Å²) in [5.41, 5.74) is 0. The third kappa shape index (κ3) is 2.39. The highest BCUT2D eigenvalue weighted by atomic mass is 16.2. The van der Waals surface area contributed by atoms with Gasteiger partial charge in [0.25, 0.3) is 0 Å². The van der Waals surface area contributed by atoms with Crippen molar-refractivity contribution < 1.29 is 14.4 Å². The summed E-state index contributed by atoms with van der Waals surface area (Å²) in [5.74, 6) is -0.588. The fraction of sp³-hybridized carbons (Fsp3) is 0.500. The fourth-order valence-electron chi connectivity index (χ4n) is 0.565. The van der Waals surface area contributed by atoms with Crippen LogP contribution in [0.1, 0.15) is 13.3 Å². The van der Waals surface area contributed by atoms with Crippen molar-refractivity contribution in [3.8, 4) is 0 Å².